The Morgan fingerprint density at radius 1 is 0.711 bits per heavy atom. The number of carbonyl (C=O) groups excluding carboxylic acids is 1. The Bertz CT molecular complexity index is 1620. The molecule has 0 aromatic heterocycles. The van der Waals surface area contributed by atoms with Gasteiger partial charge in [0.2, 0.25) is 0 Å². The molecule has 0 saturated heterocycles. The Labute approximate surface area is 222 Å². The molecular formula is C34H28O4. The smallest absolute Gasteiger partial charge is 0.193 e. The van der Waals surface area contributed by atoms with Crippen molar-refractivity contribution in [2.45, 2.75) is 12.5 Å². The van der Waals surface area contributed by atoms with Crippen LogP contribution in [0.1, 0.15) is 27.8 Å². The van der Waals surface area contributed by atoms with E-state index in [1.165, 1.54) is 5.56 Å². The highest BCUT2D eigenvalue weighted by Gasteiger charge is 2.52. The summed E-state index contributed by atoms with van der Waals surface area (Å²) in [6, 6.07) is 36.9. The van der Waals surface area contributed by atoms with Crippen LogP contribution in [0, 0.1) is 6.92 Å². The van der Waals surface area contributed by atoms with E-state index in [-0.39, 0.29) is 0 Å². The van der Waals surface area contributed by atoms with Gasteiger partial charge in [-0.2, -0.15) is 0 Å². The van der Waals surface area contributed by atoms with E-state index in [1.54, 1.807) is 7.11 Å². The Hall–Kier alpha value is -4.83. The number of hydrogen-bond acceptors (Lipinski definition) is 4. The van der Waals surface area contributed by atoms with Gasteiger partial charge in [0.15, 0.2) is 5.60 Å². The third-order valence-corrected chi connectivity index (χ3v) is 6.87. The summed E-state index contributed by atoms with van der Waals surface area (Å²) in [5, 5.41) is 2.30. The SMILES string of the molecule is C=C1OC2(c3ccccc3Oc3ccc4ccccc4c32)c2ccccc21.C=O.COc1ccc(C)cc1. The Morgan fingerprint density at radius 2 is 1.37 bits per heavy atom. The van der Waals surface area contributed by atoms with Crippen LogP contribution < -0.4 is 9.47 Å². The zero-order valence-electron chi connectivity index (χ0n) is 21.4. The molecule has 7 rings (SSSR count). The van der Waals surface area contributed by atoms with Crippen molar-refractivity contribution >= 4 is 23.3 Å². The maximum absolute atomic E-state index is 8.00. The van der Waals surface area contributed by atoms with Crippen molar-refractivity contribution in [3.8, 4) is 17.2 Å². The fourth-order valence-electron chi connectivity index (χ4n) is 5.19. The number of rotatable bonds is 1. The minimum Gasteiger partial charge on any atom is -0.497 e. The van der Waals surface area contributed by atoms with Crippen LogP contribution in [-0.4, -0.2) is 13.9 Å². The fraction of sp³-hybridized carbons (Fsp3) is 0.0882. The molecule has 5 aromatic carbocycles. The van der Waals surface area contributed by atoms with Crippen molar-refractivity contribution in [1.29, 1.82) is 0 Å². The molecule has 2 aliphatic rings. The minimum absolute atomic E-state index is 0.696. The van der Waals surface area contributed by atoms with Crippen molar-refractivity contribution in [1.82, 2.24) is 0 Å². The fourth-order valence-corrected chi connectivity index (χ4v) is 5.19. The molecule has 38 heavy (non-hydrogen) atoms. The monoisotopic (exact) mass is 500 g/mol. The molecule has 0 aliphatic carbocycles. The molecule has 1 unspecified atom stereocenters. The molecule has 0 radical (unpaired) electrons. The minimum atomic E-state index is -0.751. The molecule has 0 saturated carbocycles. The van der Waals surface area contributed by atoms with Crippen LogP contribution in [0.2, 0.25) is 0 Å². The predicted molar refractivity (Wildman–Crippen MR) is 152 cm³/mol. The van der Waals surface area contributed by atoms with Crippen molar-refractivity contribution in [3.63, 3.8) is 0 Å². The van der Waals surface area contributed by atoms with Gasteiger partial charge in [0.25, 0.3) is 0 Å². The second-order valence-electron chi connectivity index (χ2n) is 9.03. The molecule has 5 aromatic rings. The molecule has 0 N–H and O–H groups in total. The van der Waals surface area contributed by atoms with E-state index in [0.717, 1.165) is 50.3 Å². The van der Waals surface area contributed by atoms with Gasteiger partial charge in [-0.3, -0.25) is 0 Å². The standard InChI is InChI=1S/C25H16O2.C8H10O.CH2O/c1-16-18-9-4-5-11-20(18)25(27-16)21-12-6-7-13-22(21)26-23-15-14-17-8-2-3-10-19(17)24(23)25;1-7-3-5-8(9-2)6-4-7;1-2/h2-15H,1H2;3-6H,1-2H3;1H2. The molecular weight excluding hydrogens is 472 g/mol. The number of methoxy groups -OCH3 is 1. The Balaban J connectivity index is 0.000000227. The van der Waals surface area contributed by atoms with Crippen LogP contribution in [0.3, 0.4) is 0 Å². The van der Waals surface area contributed by atoms with Gasteiger partial charge in [-0.15, -0.1) is 0 Å². The number of fused-ring (bicyclic) bond motifs is 8. The van der Waals surface area contributed by atoms with Crippen LogP contribution in [-0.2, 0) is 15.1 Å². The van der Waals surface area contributed by atoms with Gasteiger partial charge in [-0.05, 0) is 42.0 Å². The first kappa shape index (κ1) is 24.8. The van der Waals surface area contributed by atoms with E-state index >= 15 is 0 Å². The summed E-state index contributed by atoms with van der Waals surface area (Å²) in [4.78, 5) is 8.00. The van der Waals surface area contributed by atoms with E-state index < -0.39 is 5.60 Å². The largest absolute Gasteiger partial charge is 0.497 e. The summed E-state index contributed by atoms with van der Waals surface area (Å²) in [5.41, 5.74) is 4.73. The third kappa shape index (κ3) is 4.00. The van der Waals surface area contributed by atoms with E-state index in [9.17, 15) is 0 Å². The number of benzene rings is 5. The first-order valence-electron chi connectivity index (χ1n) is 12.3. The first-order chi connectivity index (χ1) is 18.6. The number of aryl methyl sites for hydroxylation is 1. The highest BCUT2D eigenvalue weighted by atomic mass is 16.5. The maximum Gasteiger partial charge on any atom is 0.193 e. The summed E-state index contributed by atoms with van der Waals surface area (Å²) >= 11 is 0. The molecule has 4 heteroatoms. The van der Waals surface area contributed by atoms with Crippen molar-refractivity contribution < 1.29 is 19.0 Å². The number of carbonyl (C=O) groups is 1. The van der Waals surface area contributed by atoms with E-state index in [1.807, 2.05) is 61.4 Å². The lowest BCUT2D eigenvalue weighted by molar-refractivity contribution is -0.0980. The van der Waals surface area contributed by atoms with E-state index in [4.69, 9.17) is 19.0 Å². The van der Waals surface area contributed by atoms with Crippen molar-refractivity contribution in [3.05, 3.63) is 144 Å². The zero-order valence-corrected chi connectivity index (χ0v) is 21.4. The highest BCUT2D eigenvalue weighted by molar-refractivity contribution is 5.92. The summed E-state index contributed by atoms with van der Waals surface area (Å²) in [6.07, 6.45) is 0. The van der Waals surface area contributed by atoms with Crippen LogP contribution in [0.5, 0.6) is 17.2 Å². The summed E-state index contributed by atoms with van der Waals surface area (Å²) in [6.45, 7) is 8.26. The predicted octanol–water partition coefficient (Wildman–Crippen LogP) is 8.06. The highest BCUT2D eigenvalue weighted by Crippen LogP contribution is 2.59. The Morgan fingerprint density at radius 3 is 2.13 bits per heavy atom. The topological polar surface area (TPSA) is 44.8 Å². The summed E-state index contributed by atoms with van der Waals surface area (Å²) < 4.78 is 17.9. The third-order valence-electron chi connectivity index (χ3n) is 6.87. The van der Waals surface area contributed by atoms with Crippen LogP contribution >= 0.6 is 0 Å². The van der Waals surface area contributed by atoms with Gasteiger partial charge in [0.1, 0.15) is 29.8 Å². The number of ether oxygens (including phenoxy) is 3. The summed E-state index contributed by atoms with van der Waals surface area (Å²) in [7, 11) is 1.67. The van der Waals surface area contributed by atoms with E-state index in [0.29, 0.717) is 5.76 Å². The molecule has 4 nitrogen and oxygen atoms in total. The van der Waals surface area contributed by atoms with Gasteiger partial charge in [-0.1, -0.05) is 97.1 Å². The molecule has 188 valence electrons. The van der Waals surface area contributed by atoms with Crippen LogP contribution in [0.25, 0.3) is 16.5 Å². The van der Waals surface area contributed by atoms with Crippen molar-refractivity contribution in [2.75, 3.05) is 7.11 Å². The van der Waals surface area contributed by atoms with Gasteiger partial charge >= 0.3 is 0 Å². The molecule has 0 bridgehead atoms. The molecule has 1 atom stereocenters. The average molecular weight is 501 g/mol. The number of para-hydroxylation sites is 1. The first-order valence-corrected chi connectivity index (χ1v) is 12.3. The lowest BCUT2D eigenvalue weighted by Crippen LogP contribution is -2.32. The maximum atomic E-state index is 8.00. The summed E-state index contributed by atoms with van der Waals surface area (Å²) in [5.74, 6) is 3.27. The molecule has 0 amide bonds. The van der Waals surface area contributed by atoms with E-state index in [2.05, 4.69) is 68.1 Å². The van der Waals surface area contributed by atoms with Gasteiger partial charge < -0.3 is 19.0 Å². The Kier molecular flexibility index (Phi) is 6.71. The molecule has 2 heterocycles. The van der Waals surface area contributed by atoms with Crippen LogP contribution in [0.4, 0.5) is 0 Å². The second kappa shape index (κ2) is 10.3. The molecule has 0 fully saturated rings. The molecule has 2 aliphatic heterocycles. The van der Waals surface area contributed by atoms with Gasteiger partial charge in [0.05, 0.1) is 12.7 Å². The lowest BCUT2D eigenvalue weighted by Gasteiger charge is -2.38. The quantitative estimate of drug-likeness (QED) is 0.234. The molecule has 1 spiro atoms. The normalized spacial score (nSPS) is 15.9. The lowest BCUT2D eigenvalue weighted by atomic mass is 9.76. The van der Waals surface area contributed by atoms with Gasteiger partial charge in [0, 0.05) is 16.7 Å². The number of hydrogen-bond donors (Lipinski definition) is 0. The van der Waals surface area contributed by atoms with Gasteiger partial charge in [-0.25, -0.2) is 0 Å². The second-order valence-corrected chi connectivity index (χ2v) is 9.03. The average Bonchev–Trinajstić information content (AvgIpc) is 3.27. The van der Waals surface area contributed by atoms with Crippen LogP contribution in [0.15, 0.2) is 116 Å². The zero-order chi connectivity index (χ0) is 26.7. The van der Waals surface area contributed by atoms with Crippen molar-refractivity contribution in [2.24, 2.45) is 0 Å².